The number of carbonyl (C=O) groups is 1. The molecule has 2 aromatic carbocycles. The summed E-state index contributed by atoms with van der Waals surface area (Å²) in [6.45, 7) is 0. The van der Waals surface area contributed by atoms with Crippen molar-refractivity contribution in [2.24, 2.45) is 0 Å². The number of carbonyl (C=O) groups excluding carboxylic acids is 1. The third kappa shape index (κ3) is 3.77. The molecule has 0 aliphatic heterocycles. The highest BCUT2D eigenvalue weighted by Crippen LogP contribution is 2.45. The zero-order valence-electron chi connectivity index (χ0n) is 15.1. The van der Waals surface area contributed by atoms with Crippen molar-refractivity contribution in [3.63, 3.8) is 0 Å². The molecule has 0 saturated carbocycles. The number of hydrogen-bond acceptors (Lipinski definition) is 7. The van der Waals surface area contributed by atoms with E-state index in [0.29, 0.717) is 11.1 Å². The molecule has 0 saturated heterocycles. The molecular formula is C19H22O7. The van der Waals surface area contributed by atoms with Crippen molar-refractivity contribution >= 4 is 5.97 Å². The summed E-state index contributed by atoms with van der Waals surface area (Å²) in [5.41, 5.74) is 1.26. The highest BCUT2D eigenvalue weighted by molar-refractivity contribution is 5.72. The van der Waals surface area contributed by atoms with E-state index in [1.54, 1.807) is 24.3 Å². The van der Waals surface area contributed by atoms with Gasteiger partial charge in [-0.2, -0.15) is 0 Å². The maximum Gasteiger partial charge on any atom is 0.306 e. The van der Waals surface area contributed by atoms with Gasteiger partial charge in [-0.15, -0.1) is 0 Å². The van der Waals surface area contributed by atoms with Crippen molar-refractivity contribution in [3.05, 3.63) is 41.5 Å². The summed E-state index contributed by atoms with van der Waals surface area (Å²) >= 11 is 0. The molecule has 0 bridgehead atoms. The summed E-state index contributed by atoms with van der Waals surface area (Å²) < 4.78 is 20.4. The van der Waals surface area contributed by atoms with Crippen molar-refractivity contribution in [1.29, 1.82) is 0 Å². The Morgan fingerprint density at radius 1 is 0.962 bits per heavy atom. The number of aromatic hydroxyl groups is 2. The van der Waals surface area contributed by atoms with E-state index in [9.17, 15) is 15.0 Å². The summed E-state index contributed by atoms with van der Waals surface area (Å²) in [7, 11) is 5.60. The summed E-state index contributed by atoms with van der Waals surface area (Å²) in [4.78, 5) is 12.0. The molecule has 0 heterocycles. The highest BCUT2D eigenvalue weighted by atomic mass is 16.5. The minimum atomic E-state index is -0.497. The van der Waals surface area contributed by atoms with E-state index in [2.05, 4.69) is 0 Å². The predicted octanol–water partition coefficient (Wildman–Crippen LogP) is 2.82. The molecule has 7 nitrogen and oxygen atoms in total. The lowest BCUT2D eigenvalue weighted by atomic mass is 9.87. The van der Waals surface area contributed by atoms with Crippen LogP contribution in [0.15, 0.2) is 30.3 Å². The van der Waals surface area contributed by atoms with Crippen LogP contribution >= 0.6 is 0 Å². The van der Waals surface area contributed by atoms with Crippen LogP contribution in [-0.4, -0.2) is 44.6 Å². The van der Waals surface area contributed by atoms with E-state index in [4.69, 9.17) is 18.9 Å². The van der Waals surface area contributed by atoms with Gasteiger partial charge in [0.05, 0.1) is 34.9 Å². The fourth-order valence-corrected chi connectivity index (χ4v) is 2.79. The number of phenolic OH excluding ortho intramolecular Hbond substituents is 2. The average Bonchev–Trinajstić information content (AvgIpc) is 2.66. The first-order chi connectivity index (χ1) is 12.5. The first-order valence-corrected chi connectivity index (χ1v) is 7.84. The molecule has 0 aromatic heterocycles. The van der Waals surface area contributed by atoms with Gasteiger partial charge in [-0.1, -0.05) is 12.1 Å². The number of phenols is 2. The quantitative estimate of drug-likeness (QED) is 0.731. The Kier molecular flexibility index (Phi) is 6.16. The van der Waals surface area contributed by atoms with E-state index >= 15 is 0 Å². The number of rotatable bonds is 7. The van der Waals surface area contributed by atoms with Gasteiger partial charge < -0.3 is 29.2 Å². The smallest absolute Gasteiger partial charge is 0.306 e. The third-order valence-corrected chi connectivity index (χ3v) is 4.13. The lowest BCUT2D eigenvalue weighted by Gasteiger charge is -2.21. The SMILES string of the molecule is COC(=O)CC(c1ccc(O)c(OC)c1)c1ccc(OC)c(O)c1OC. The van der Waals surface area contributed by atoms with Gasteiger partial charge in [0.25, 0.3) is 0 Å². The maximum atomic E-state index is 12.0. The molecular weight excluding hydrogens is 340 g/mol. The normalized spacial score (nSPS) is 11.5. The minimum Gasteiger partial charge on any atom is -0.504 e. The van der Waals surface area contributed by atoms with Gasteiger partial charge in [-0.3, -0.25) is 4.79 Å². The molecule has 0 aliphatic carbocycles. The monoisotopic (exact) mass is 362 g/mol. The lowest BCUT2D eigenvalue weighted by Crippen LogP contribution is -2.11. The zero-order chi connectivity index (χ0) is 19.3. The van der Waals surface area contributed by atoms with Crippen LogP contribution in [0.5, 0.6) is 28.7 Å². The van der Waals surface area contributed by atoms with Crippen LogP contribution in [0.4, 0.5) is 0 Å². The number of methoxy groups -OCH3 is 4. The Balaban J connectivity index is 2.62. The van der Waals surface area contributed by atoms with E-state index in [1.165, 1.54) is 34.5 Å². The largest absolute Gasteiger partial charge is 0.504 e. The molecule has 0 spiro atoms. The van der Waals surface area contributed by atoms with E-state index in [0.717, 1.165) is 0 Å². The molecule has 2 rings (SSSR count). The van der Waals surface area contributed by atoms with Gasteiger partial charge in [0.1, 0.15) is 0 Å². The van der Waals surface area contributed by atoms with Gasteiger partial charge in [0.15, 0.2) is 23.0 Å². The summed E-state index contributed by atoms with van der Waals surface area (Å²) in [5, 5.41) is 20.2. The molecule has 1 atom stereocenters. The van der Waals surface area contributed by atoms with Crippen LogP contribution in [0.2, 0.25) is 0 Å². The van der Waals surface area contributed by atoms with Crippen molar-refractivity contribution < 1.29 is 34.0 Å². The molecule has 1 unspecified atom stereocenters. The number of ether oxygens (including phenoxy) is 4. The molecule has 0 fully saturated rings. The van der Waals surface area contributed by atoms with Gasteiger partial charge in [-0.25, -0.2) is 0 Å². The average molecular weight is 362 g/mol. The second-order valence-corrected chi connectivity index (χ2v) is 5.50. The predicted molar refractivity (Wildman–Crippen MR) is 94.3 cm³/mol. The fourth-order valence-electron chi connectivity index (χ4n) is 2.79. The maximum absolute atomic E-state index is 12.0. The zero-order valence-corrected chi connectivity index (χ0v) is 15.1. The summed E-state index contributed by atoms with van der Waals surface area (Å²) in [6, 6.07) is 8.09. The highest BCUT2D eigenvalue weighted by Gasteiger charge is 2.26. The topological polar surface area (TPSA) is 94.5 Å². The van der Waals surface area contributed by atoms with Gasteiger partial charge in [0.2, 0.25) is 5.75 Å². The van der Waals surface area contributed by atoms with Crippen LogP contribution in [0.1, 0.15) is 23.5 Å². The Morgan fingerprint density at radius 3 is 2.23 bits per heavy atom. The van der Waals surface area contributed by atoms with Crippen LogP contribution in [0.3, 0.4) is 0 Å². The third-order valence-electron chi connectivity index (χ3n) is 4.13. The van der Waals surface area contributed by atoms with Crippen LogP contribution in [-0.2, 0) is 9.53 Å². The first-order valence-electron chi connectivity index (χ1n) is 7.84. The number of benzene rings is 2. The van der Waals surface area contributed by atoms with Gasteiger partial charge in [0, 0.05) is 11.5 Å². The minimum absolute atomic E-state index is 0.00651. The summed E-state index contributed by atoms with van der Waals surface area (Å²) in [6.07, 6.45) is 0.00651. The standard InChI is InChI=1S/C19H22O7/c1-23-15-8-6-12(19(26-4)18(15)22)13(10-17(21)25-3)11-5-7-14(20)16(9-11)24-2/h5-9,13,20,22H,10H2,1-4H3. The van der Waals surface area contributed by atoms with E-state index in [-0.39, 0.29) is 35.2 Å². The molecule has 2 N–H and O–H groups in total. The molecule has 7 heteroatoms. The van der Waals surface area contributed by atoms with Crippen LogP contribution in [0, 0.1) is 0 Å². The second kappa shape index (κ2) is 8.33. The van der Waals surface area contributed by atoms with Gasteiger partial charge >= 0.3 is 5.97 Å². The van der Waals surface area contributed by atoms with Crippen molar-refractivity contribution in [2.75, 3.05) is 28.4 Å². The lowest BCUT2D eigenvalue weighted by molar-refractivity contribution is -0.140. The summed E-state index contributed by atoms with van der Waals surface area (Å²) in [5.74, 6) is -0.376. The van der Waals surface area contributed by atoms with Crippen LogP contribution in [0.25, 0.3) is 0 Å². The Morgan fingerprint density at radius 2 is 1.65 bits per heavy atom. The number of esters is 1. The molecule has 140 valence electrons. The van der Waals surface area contributed by atoms with Crippen LogP contribution < -0.4 is 14.2 Å². The van der Waals surface area contributed by atoms with E-state index < -0.39 is 11.9 Å². The Hall–Kier alpha value is -3.09. The second-order valence-electron chi connectivity index (χ2n) is 5.50. The fraction of sp³-hybridized carbons (Fsp3) is 0.316. The molecule has 0 amide bonds. The Labute approximate surface area is 151 Å². The van der Waals surface area contributed by atoms with Crippen molar-refractivity contribution in [1.82, 2.24) is 0 Å². The number of hydrogen-bond donors (Lipinski definition) is 2. The molecule has 0 radical (unpaired) electrons. The van der Waals surface area contributed by atoms with Crippen molar-refractivity contribution in [3.8, 4) is 28.7 Å². The van der Waals surface area contributed by atoms with Gasteiger partial charge in [-0.05, 0) is 23.8 Å². The molecule has 2 aromatic rings. The Bertz CT molecular complexity index is 786. The van der Waals surface area contributed by atoms with E-state index in [1.807, 2.05) is 0 Å². The van der Waals surface area contributed by atoms with Crippen molar-refractivity contribution in [2.45, 2.75) is 12.3 Å². The first kappa shape index (κ1) is 19.2. The molecule has 26 heavy (non-hydrogen) atoms. The molecule has 0 aliphatic rings.